The van der Waals surface area contributed by atoms with Gasteiger partial charge < -0.3 is 14.6 Å². The molecular formula is C16H23NO5. The summed E-state index contributed by atoms with van der Waals surface area (Å²) in [6, 6.07) is 8.35. The fourth-order valence-electron chi connectivity index (χ4n) is 1.74. The van der Waals surface area contributed by atoms with E-state index in [0.717, 1.165) is 23.3 Å². The molecule has 1 amide bonds. The number of aliphatic carboxylic acids is 1. The van der Waals surface area contributed by atoms with Crippen LogP contribution in [0.2, 0.25) is 0 Å². The van der Waals surface area contributed by atoms with Crippen molar-refractivity contribution in [3.8, 4) is 0 Å². The molecule has 0 bridgehead atoms. The lowest BCUT2D eigenvalue weighted by atomic mass is 10.2. The Labute approximate surface area is 130 Å². The van der Waals surface area contributed by atoms with Crippen LogP contribution >= 0.6 is 0 Å². The number of carbonyl (C=O) groups is 2. The number of hydrogen-bond donors (Lipinski definition) is 1. The van der Waals surface area contributed by atoms with Crippen molar-refractivity contribution in [3.05, 3.63) is 35.9 Å². The van der Waals surface area contributed by atoms with E-state index in [1.807, 2.05) is 37.3 Å². The first-order valence-electron chi connectivity index (χ1n) is 7.30. The van der Waals surface area contributed by atoms with Crippen LogP contribution in [0.1, 0.15) is 25.3 Å². The number of nitrogens with zero attached hydrogens (tertiary/aromatic N) is 1. The molecule has 0 aliphatic rings. The van der Waals surface area contributed by atoms with E-state index in [1.54, 1.807) is 0 Å². The molecule has 0 heterocycles. The Morgan fingerprint density at radius 2 is 1.95 bits per heavy atom. The maximum absolute atomic E-state index is 11.8. The van der Waals surface area contributed by atoms with E-state index >= 15 is 0 Å². The number of benzene rings is 1. The molecule has 0 saturated carbocycles. The maximum Gasteiger partial charge on any atom is 0.410 e. The number of likely N-dealkylation sites (N-methyl/N-ethyl adjacent to an activating group) is 1. The van der Waals surface area contributed by atoms with Crippen molar-refractivity contribution in [2.24, 2.45) is 0 Å². The van der Waals surface area contributed by atoms with Crippen LogP contribution < -0.4 is 0 Å². The monoisotopic (exact) mass is 309 g/mol. The number of carboxylic acids is 1. The summed E-state index contributed by atoms with van der Waals surface area (Å²) in [5.74, 6) is -1.12. The summed E-state index contributed by atoms with van der Waals surface area (Å²) in [4.78, 5) is 24.1. The van der Waals surface area contributed by atoms with Crippen molar-refractivity contribution >= 4 is 12.1 Å². The van der Waals surface area contributed by atoms with Crippen molar-refractivity contribution in [2.45, 2.75) is 32.4 Å². The molecule has 22 heavy (non-hydrogen) atoms. The summed E-state index contributed by atoms with van der Waals surface area (Å²) < 4.78 is 10.4. The highest BCUT2D eigenvalue weighted by Crippen LogP contribution is 2.06. The minimum Gasteiger partial charge on any atom is -0.480 e. The first-order chi connectivity index (χ1) is 10.6. The Morgan fingerprint density at radius 3 is 2.55 bits per heavy atom. The topological polar surface area (TPSA) is 76.1 Å². The smallest absolute Gasteiger partial charge is 0.410 e. The van der Waals surface area contributed by atoms with Crippen molar-refractivity contribution < 1.29 is 24.2 Å². The molecule has 0 unspecified atom stereocenters. The van der Waals surface area contributed by atoms with Crippen LogP contribution in [0.3, 0.4) is 0 Å². The van der Waals surface area contributed by atoms with Crippen LogP contribution in [-0.2, 0) is 20.9 Å². The van der Waals surface area contributed by atoms with Crippen molar-refractivity contribution in [1.29, 1.82) is 0 Å². The zero-order valence-electron chi connectivity index (χ0n) is 13.0. The number of hydrogen-bond acceptors (Lipinski definition) is 4. The van der Waals surface area contributed by atoms with Crippen LogP contribution in [0.15, 0.2) is 30.3 Å². The summed E-state index contributed by atoms with van der Waals surface area (Å²) in [5, 5.41) is 9.23. The van der Waals surface area contributed by atoms with Crippen molar-refractivity contribution in [3.63, 3.8) is 0 Å². The van der Waals surface area contributed by atoms with Gasteiger partial charge in [0, 0.05) is 7.05 Å². The summed E-state index contributed by atoms with van der Waals surface area (Å²) in [7, 11) is 1.40. The largest absolute Gasteiger partial charge is 0.480 e. The molecule has 1 N–H and O–H groups in total. The summed E-state index contributed by atoms with van der Waals surface area (Å²) in [6.07, 6.45) is 1.01. The predicted octanol–water partition coefficient (Wildman–Crippen LogP) is 2.52. The molecule has 0 aromatic heterocycles. The standard InChI is InChI=1S/C16H23NO5/c1-3-4-10-22-16(20)17(2)14(15(18)19)12-21-11-13-8-6-5-7-9-13/h5-9,14H,3-4,10-12H2,1-2H3,(H,18,19)/t14-/m0/s1. The van der Waals surface area contributed by atoms with Gasteiger partial charge >= 0.3 is 12.1 Å². The van der Waals surface area contributed by atoms with Crippen LogP contribution in [0.4, 0.5) is 4.79 Å². The molecule has 1 rings (SSSR count). The molecule has 1 atom stereocenters. The Hall–Kier alpha value is -2.08. The molecule has 1 aromatic carbocycles. The summed E-state index contributed by atoms with van der Waals surface area (Å²) in [6.45, 7) is 2.47. The first-order valence-corrected chi connectivity index (χ1v) is 7.30. The third kappa shape index (κ3) is 6.13. The van der Waals surface area contributed by atoms with Gasteiger partial charge in [0.2, 0.25) is 0 Å². The lowest BCUT2D eigenvalue weighted by molar-refractivity contribution is -0.144. The number of ether oxygens (including phenoxy) is 2. The van der Waals surface area contributed by atoms with Crippen LogP contribution in [0.25, 0.3) is 0 Å². The van der Waals surface area contributed by atoms with Crippen LogP contribution in [0, 0.1) is 0 Å². The highest BCUT2D eigenvalue weighted by molar-refractivity contribution is 5.79. The normalized spacial score (nSPS) is 11.7. The lowest BCUT2D eigenvalue weighted by Crippen LogP contribution is -2.45. The van der Waals surface area contributed by atoms with E-state index < -0.39 is 18.1 Å². The van der Waals surface area contributed by atoms with E-state index in [0.29, 0.717) is 6.61 Å². The molecule has 122 valence electrons. The number of carboxylic acid groups (broad SMARTS) is 1. The van der Waals surface area contributed by atoms with Gasteiger partial charge in [-0.15, -0.1) is 0 Å². The number of unbranched alkanes of at least 4 members (excludes halogenated alkanes) is 1. The van der Waals surface area contributed by atoms with E-state index in [1.165, 1.54) is 7.05 Å². The van der Waals surface area contributed by atoms with Crippen LogP contribution in [0.5, 0.6) is 0 Å². The first kappa shape index (κ1) is 18.0. The molecule has 0 fully saturated rings. The van der Waals surface area contributed by atoms with Gasteiger partial charge in [-0.3, -0.25) is 4.90 Å². The van der Waals surface area contributed by atoms with Crippen molar-refractivity contribution in [2.75, 3.05) is 20.3 Å². The summed E-state index contributed by atoms with van der Waals surface area (Å²) >= 11 is 0. The SMILES string of the molecule is CCCCOC(=O)N(C)[C@@H](COCc1ccccc1)C(=O)O. The number of carbonyl (C=O) groups excluding carboxylic acids is 1. The Kier molecular flexibility index (Phi) is 7.99. The molecule has 1 aromatic rings. The van der Waals surface area contributed by atoms with Gasteiger partial charge in [0.15, 0.2) is 6.04 Å². The molecule has 0 radical (unpaired) electrons. The zero-order chi connectivity index (χ0) is 16.4. The zero-order valence-corrected chi connectivity index (χ0v) is 13.0. The average molecular weight is 309 g/mol. The van der Waals surface area contributed by atoms with Gasteiger partial charge in [-0.1, -0.05) is 43.7 Å². The highest BCUT2D eigenvalue weighted by atomic mass is 16.6. The number of amides is 1. The van der Waals surface area contributed by atoms with Gasteiger partial charge in [-0.2, -0.15) is 0 Å². The fraction of sp³-hybridized carbons (Fsp3) is 0.500. The molecular weight excluding hydrogens is 286 g/mol. The molecule has 6 nitrogen and oxygen atoms in total. The van der Waals surface area contributed by atoms with E-state index in [9.17, 15) is 14.7 Å². The molecule has 6 heteroatoms. The quantitative estimate of drug-likeness (QED) is 0.709. The Balaban J connectivity index is 2.46. The molecule has 0 aliphatic carbocycles. The molecule has 0 spiro atoms. The summed E-state index contributed by atoms with van der Waals surface area (Å²) in [5.41, 5.74) is 0.944. The van der Waals surface area contributed by atoms with E-state index in [-0.39, 0.29) is 13.2 Å². The second-order valence-electron chi connectivity index (χ2n) is 4.93. The minimum absolute atomic E-state index is 0.0936. The van der Waals surface area contributed by atoms with Crippen LogP contribution in [-0.4, -0.2) is 48.4 Å². The minimum atomic E-state index is -1.12. The molecule has 0 saturated heterocycles. The van der Waals surface area contributed by atoms with E-state index in [4.69, 9.17) is 9.47 Å². The third-order valence-corrected chi connectivity index (χ3v) is 3.15. The fourth-order valence-corrected chi connectivity index (χ4v) is 1.74. The van der Waals surface area contributed by atoms with Gasteiger partial charge in [0.1, 0.15) is 0 Å². The third-order valence-electron chi connectivity index (χ3n) is 3.15. The van der Waals surface area contributed by atoms with Gasteiger partial charge in [0.25, 0.3) is 0 Å². The second-order valence-corrected chi connectivity index (χ2v) is 4.93. The lowest BCUT2D eigenvalue weighted by Gasteiger charge is -2.24. The van der Waals surface area contributed by atoms with Gasteiger partial charge in [-0.25, -0.2) is 9.59 Å². The second kappa shape index (κ2) is 9.78. The van der Waals surface area contributed by atoms with E-state index in [2.05, 4.69) is 0 Å². The average Bonchev–Trinajstić information content (AvgIpc) is 2.51. The predicted molar refractivity (Wildman–Crippen MR) is 81.5 cm³/mol. The maximum atomic E-state index is 11.8. The van der Waals surface area contributed by atoms with Gasteiger partial charge in [-0.05, 0) is 12.0 Å². The molecule has 0 aliphatic heterocycles. The Bertz CT molecular complexity index is 463. The highest BCUT2D eigenvalue weighted by Gasteiger charge is 2.27. The van der Waals surface area contributed by atoms with Crippen molar-refractivity contribution in [1.82, 2.24) is 4.90 Å². The Morgan fingerprint density at radius 1 is 1.27 bits per heavy atom. The van der Waals surface area contributed by atoms with Gasteiger partial charge in [0.05, 0.1) is 19.8 Å². The number of rotatable bonds is 9.